The van der Waals surface area contributed by atoms with Crippen LogP contribution in [-0.4, -0.2) is 16.9 Å². The summed E-state index contributed by atoms with van der Waals surface area (Å²) >= 11 is 3.31. The summed E-state index contributed by atoms with van der Waals surface area (Å²) in [5.74, 6) is 0.796. The van der Waals surface area contributed by atoms with Gasteiger partial charge < -0.3 is 4.74 Å². The fourth-order valence-corrected chi connectivity index (χ4v) is 2.07. The molecule has 0 atom stereocenters. The summed E-state index contributed by atoms with van der Waals surface area (Å²) in [6.07, 6.45) is 0. The van der Waals surface area contributed by atoms with Gasteiger partial charge in [0.1, 0.15) is 5.75 Å². The predicted molar refractivity (Wildman–Crippen MR) is 74.1 cm³/mol. The van der Waals surface area contributed by atoms with E-state index < -0.39 is 0 Å². The Balaban J connectivity index is 2.50. The molecular weight excluding hydrogens is 296 g/mol. The van der Waals surface area contributed by atoms with E-state index in [0.29, 0.717) is 10.9 Å². The molecular formula is C13H13BrN2O2. The van der Waals surface area contributed by atoms with Gasteiger partial charge in [0, 0.05) is 23.5 Å². The minimum atomic E-state index is -0.0795. The van der Waals surface area contributed by atoms with Gasteiger partial charge in [-0.2, -0.15) is 5.10 Å². The van der Waals surface area contributed by atoms with Crippen molar-refractivity contribution >= 4 is 15.9 Å². The van der Waals surface area contributed by atoms with Crippen molar-refractivity contribution in [2.75, 3.05) is 7.11 Å². The van der Waals surface area contributed by atoms with Crippen molar-refractivity contribution in [3.8, 4) is 17.0 Å². The Morgan fingerprint density at radius 3 is 2.56 bits per heavy atom. The molecule has 0 spiro atoms. The Labute approximate surface area is 113 Å². The smallest absolute Gasteiger partial charge is 0.270 e. The lowest BCUT2D eigenvalue weighted by molar-refractivity contribution is 0.415. The van der Waals surface area contributed by atoms with E-state index in [9.17, 15) is 4.79 Å². The maximum absolute atomic E-state index is 11.7. The van der Waals surface area contributed by atoms with Gasteiger partial charge in [0.05, 0.1) is 12.8 Å². The average Bonchev–Trinajstić information content (AvgIpc) is 2.42. The van der Waals surface area contributed by atoms with Gasteiger partial charge in [0.2, 0.25) is 0 Å². The highest BCUT2D eigenvalue weighted by Crippen LogP contribution is 2.20. The lowest BCUT2D eigenvalue weighted by atomic mass is 10.1. The monoisotopic (exact) mass is 308 g/mol. The van der Waals surface area contributed by atoms with Crippen LogP contribution in [0.2, 0.25) is 0 Å². The van der Waals surface area contributed by atoms with Crippen LogP contribution in [0.15, 0.2) is 35.1 Å². The van der Waals surface area contributed by atoms with Gasteiger partial charge >= 0.3 is 0 Å². The molecule has 4 nitrogen and oxygen atoms in total. The van der Waals surface area contributed by atoms with E-state index in [1.165, 1.54) is 4.68 Å². The molecule has 0 amide bonds. The highest BCUT2D eigenvalue weighted by molar-refractivity contribution is 9.08. The second-order valence-corrected chi connectivity index (χ2v) is 4.41. The third-order valence-electron chi connectivity index (χ3n) is 2.67. The molecule has 1 aromatic heterocycles. The summed E-state index contributed by atoms with van der Waals surface area (Å²) in [6.45, 7) is 0. The van der Waals surface area contributed by atoms with E-state index in [1.807, 2.05) is 24.3 Å². The summed E-state index contributed by atoms with van der Waals surface area (Å²) in [7, 11) is 3.28. The zero-order valence-corrected chi connectivity index (χ0v) is 11.8. The molecule has 0 bridgehead atoms. The molecule has 2 rings (SSSR count). The van der Waals surface area contributed by atoms with Gasteiger partial charge in [-0.3, -0.25) is 4.79 Å². The number of nitrogens with zero attached hydrogens (tertiary/aromatic N) is 2. The molecule has 0 unspecified atom stereocenters. The van der Waals surface area contributed by atoms with E-state index in [2.05, 4.69) is 21.0 Å². The Hall–Kier alpha value is -1.62. The normalized spacial score (nSPS) is 10.4. The highest BCUT2D eigenvalue weighted by Gasteiger charge is 2.07. The summed E-state index contributed by atoms with van der Waals surface area (Å²) < 4.78 is 6.47. The standard InChI is InChI=1S/C13H13BrN2O2/c1-16-13(17)10(8-14)7-12(15-16)9-3-5-11(18-2)6-4-9/h3-7H,8H2,1-2H3. The number of hydrogen-bond donors (Lipinski definition) is 0. The Morgan fingerprint density at radius 1 is 1.33 bits per heavy atom. The first-order chi connectivity index (χ1) is 8.65. The van der Waals surface area contributed by atoms with Crippen molar-refractivity contribution in [1.82, 2.24) is 9.78 Å². The molecule has 5 heteroatoms. The van der Waals surface area contributed by atoms with Gasteiger partial charge in [-0.15, -0.1) is 0 Å². The van der Waals surface area contributed by atoms with Crippen LogP contribution in [0.1, 0.15) is 5.56 Å². The first-order valence-corrected chi connectivity index (χ1v) is 6.55. The van der Waals surface area contributed by atoms with Gasteiger partial charge in [-0.1, -0.05) is 15.9 Å². The van der Waals surface area contributed by atoms with Gasteiger partial charge in [0.25, 0.3) is 5.56 Å². The van der Waals surface area contributed by atoms with Gasteiger partial charge in [-0.25, -0.2) is 4.68 Å². The average molecular weight is 309 g/mol. The Morgan fingerprint density at radius 2 is 2.00 bits per heavy atom. The molecule has 94 valence electrons. The van der Waals surface area contributed by atoms with Gasteiger partial charge in [0.15, 0.2) is 0 Å². The molecule has 0 saturated carbocycles. The van der Waals surface area contributed by atoms with Crippen molar-refractivity contribution in [1.29, 1.82) is 0 Å². The topological polar surface area (TPSA) is 44.1 Å². The molecule has 0 fully saturated rings. The fourth-order valence-electron chi connectivity index (χ4n) is 1.67. The first kappa shape index (κ1) is 12.8. The summed E-state index contributed by atoms with van der Waals surface area (Å²) in [5, 5.41) is 4.77. The lowest BCUT2D eigenvalue weighted by Crippen LogP contribution is -2.23. The number of methoxy groups -OCH3 is 1. The summed E-state index contributed by atoms with van der Waals surface area (Å²) in [4.78, 5) is 11.7. The molecule has 1 heterocycles. The number of benzene rings is 1. The molecule has 0 aliphatic heterocycles. The van der Waals surface area contributed by atoms with Crippen LogP contribution in [-0.2, 0) is 12.4 Å². The number of halogens is 1. The first-order valence-electron chi connectivity index (χ1n) is 5.43. The van der Waals surface area contributed by atoms with Crippen LogP contribution < -0.4 is 10.3 Å². The zero-order chi connectivity index (χ0) is 13.1. The van der Waals surface area contributed by atoms with Crippen molar-refractivity contribution in [2.45, 2.75) is 5.33 Å². The second-order valence-electron chi connectivity index (χ2n) is 3.85. The minimum Gasteiger partial charge on any atom is -0.497 e. The Kier molecular flexibility index (Phi) is 3.81. The predicted octanol–water partition coefficient (Wildman–Crippen LogP) is 2.35. The molecule has 0 N–H and O–H groups in total. The van der Waals surface area contributed by atoms with E-state index in [4.69, 9.17) is 4.74 Å². The molecule has 2 aromatic rings. The summed E-state index contributed by atoms with van der Waals surface area (Å²) in [6, 6.07) is 9.39. The number of alkyl halides is 1. The molecule has 1 aromatic carbocycles. The van der Waals surface area contributed by atoms with Crippen molar-refractivity contribution in [2.24, 2.45) is 7.05 Å². The van der Waals surface area contributed by atoms with Crippen molar-refractivity contribution in [3.05, 3.63) is 46.2 Å². The highest BCUT2D eigenvalue weighted by atomic mass is 79.9. The largest absolute Gasteiger partial charge is 0.497 e. The quantitative estimate of drug-likeness (QED) is 0.818. The molecule has 0 saturated heterocycles. The third kappa shape index (κ3) is 2.46. The van der Waals surface area contributed by atoms with E-state index >= 15 is 0 Å². The maximum Gasteiger partial charge on any atom is 0.270 e. The number of aromatic nitrogens is 2. The van der Waals surface area contributed by atoms with Crippen LogP contribution in [0, 0.1) is 0 Å². The lowest BCUT2D eigenvalue weighted by Gasteiger charge is -2.06. The zero-order valence-electron chi connectivity index (χ0n) is 10.2. The number of aryl methyl sites for hydroxylation is 1. The van der Waals surface area contributed by atoms with E-state index in [0.717, 1.165) is 17.0 Å². The molecule has 0 aliphatic carbocycles. The molecule has 0 aliphatic rings. The van der Waals surface area contributed by atoms with Gasteiger partial charge in [-0.05, 0) is 30.3 Å². The Bertz CT molecular complexity index is 605. The summed E-state index contributed by atoms with van der Waals surface area (Å²) in [5.41, 5.74) is 2.34. The van der Waals surface area contributed by atoms with Crippen LogP contribution >= 0.6 is 15.9 Å². The molecule has 0 radical (unpaired) electrons. The third-order valence-corrected chi connectivity index (χ3v) is 3.27. The fraction of sp³-hybridized carbons (Fsp3) is 0.231. The van der Waals surface area contributed by atoms with Crippen LogP contribution in [0.4, 0.5) is 0 Å². The van der Waals surface area contributed by atoms with Crippen LogP contribution in [0.25, 0.3) is 11.3 Å². The number of rotatable bonds is 3. The minimum absolute atomic E-state index is 0.0795. The van der Waals surface area contributed by atoms with Crippen LogP contribution in [0.3, 0.4) is 0 Å². The number of hydrogen-bond acceptors (Lipinski definition) is 3. The molecule has 18 heavy (non-hydrogen) atoms. The SMILES string of the molecule is COc1ccc(-c2cc(CBr)c(=O)n(C)n2)cc1. The second kappa shape index (κ2) is 5.35. The van der Waals surface area contributed by atoms with E-state index in [1.54, 1.807) is 20.2 Å². The van der Waals surface area contributed by atoms with Crippen molar-refractivity contribution < 1.29 is 4.74 Å². The maximum atomic E-state index is 11.7. The van der Waals surface area contributed by atoms with E-state index in [-0.39, 0.29) is 5.56 Å². The van der Waals surface area contributed by atoms with Crippen LogP contribution in [0.5, 0.6) is 5.75 Å². The van der Waals surface area contributed by atoms with Crippen molar-refractivity contribution in [3.63, 3.8) is 0 Å². The number of ether oxygens (including phenoxy) is 1.